The van der Waals surface area contributed by atoms with Crippen LogP contribution in [0.25, 0.3) is 0 Å². The van der Waals surface area contributed by atoms with Gasteiger partial charge < -0.3 is 25.4 Å². The molecule has 1 fully saturated rings. The molecule has 2 unspecified atom stereocenters. The van der Waals surface area contributed by atoms with Crippen molar-refractivity contribution in [2.75, 3.05) is 27.3 Å². The number of nitrogens with one attached hydrogen (secondary N) is 2. The number of hydrogen-bond donors (Lipinski definition) is 3. The molecule has 2 atom stereocenters. The minimum Gasteiger partial charge on any atom is -0.480 e. The zero-order valence-corrected chi connectivity index (χ0v) is 11.0. The molecule has 3 N–H and O–H groups in total. The summed E-state index contributed by atoms with van der Waals surface area (Å²) in [4.78, 5) is 35.3. The van der Waals surface area contributed by atoms with Gasteiger partial charge in [-0.15, -0.1) is 0 Å². The van der Waals surface area contributed by atoms with Crippen molar-refractivity contribution in [3.05, 3.63) is 0 Å². The van der Waals surface area contributed by atoms with Gasteiger partial charge in [-0.2, -0.15) is 0 Å². The Hall–Kier alpha value is -1.83. The molecule has 1 saturated heterocycles. The van der Waals surface area contributed by atoms with Crippen molar-refractivity contribution in [2.24, 2.45) is 0 Å². The number of likely N-dealkylation sites (tertiary alicyclic amines) is 1. The standard InChI is InChI=1S/C11H19N3O5/c1-14-5-7(3-4-9(14)15)12-11(18)13-8(6-19-2)10(16)17/h7-8H,3-6H2,1-2H3,(H,16,17)(H2,12,13,18). The second kappa shape index (κ2) is 6.93. The number of amides is 3. The van der Waals surface area contributed by atoms with E-state index in [0.717, 1.165) is 0 Å². The van der Waals surface area contributed by atoms with E-state index in [4.69, 9.17) is 9.84 Å². The fourth-order valence-corrected chi connectivity index (χ4v) is 1.86. The van der Waals surface area contributed by atoms with Crippen LogP contribution in [0.5, 0.6) is 0 Å². The summed E-state index contributed by atoms with van der Waals surface area (Å²) in [5.41, 5.74) is 0. The highest BCUT2D eigenvalue weighted by molar-refractivity contribution is 5.83. The van der Waals surface area contributed by atoms with Crippen LogP contribution < -0.4 is 10.6 Å². The molecular formula is C11H19N3O5. The Bertz CT molecular complexity index is 360. The highest BCUT2D eigenvalue weighted by Crippen LogP contribution is 2.09. The van der Waals surface area contributed by atoms with Crippen LogP contribution in [-0.2, 0) is 14.3 Å². The topological polar surface area (TPSA) is 108 Å². The lowest BCUT2D eigenvalue weighted by Crippen LogP contribution is -2.54. The van der Waals surface area contributed by atoms with Gasteiger partial charge in [0, 0.05) is 33.2 Å². The Labute approximate surface area is 111 Å². The summed E-state index contributed by atoms with van der Waals surface area (Å²) in [6.45, 7) is 0.320. The largest absolute Gasteiger partial charge is 0.480 e. The van der Waals surface area contributed by atoms with Gasteiger partial charge in [-0.1, -0.05) is 0 Å². The van der Waals surface area contributed by atoms with Crippen LogP contribution in [0.1, 0.15) is 12.8 Å². The molecule has 3 amide bonds. The maximum absolute atomic E-state index is 11.6. The second-order valence-electron chi connectivity index (χ2n) is 4.47. The first-order chi connectivity index (χ1) is 8.93. The molecular weight excluding hydrogens is 254 g/mol. The lowest BCUT2D eigenvalue weighted by atomic mass is 10.1. The van der Waals surface area contributed by atoms with Gasteiger partial charge in [-0.25, -0.2) is 9.59 Å². The first-order valence-electron chi connectivity index (χ1n) is 5.96. The number of carboxylic acids is 1. The number of rotatable bonds is 5. The second-order valence-corrected chi connectivity index (χ2v) is 4.47. The average molecular weight is 273 g/mol. The number of nitrogens with zero attached hydrogens (tertiary/aromatic N) is 1. The Kier molecular flexibility index (Phi) is 5.56. The summed E-state index contributed by atoms with van der Waals surface area (Å²) in [5.74, 6) is -1.12. The Morgan fingerprint density at radius 1 is 1.58 bits per heavy atom. The zero-order chi connectivity index (χ0) is 14.4. The normalized spacial score (nSPS) is 20.8. The van der Waals surface area contributed by atoms with Gasteiger partial charge in [0.05, 0.1) is 6.61 Å². The minimum atomic E-state index is -1.16. The van der Waals surface area contributed by atoms with Crippen LogP contribution in [0.4, 0.5) is 4.79 Å². The number of urea groups is 1. The highest BCUT2D eigenvalue weighted by atomic mass is 16.5. The number of carbonyl (C=O) groups excluding carboxylic acids is 2. The molecule has 0 aromatic heterocycles. The molecule has 0 aliphatic carbocycles. The van der Waals surface area contributed by atoms with Gasteiger partial charge in [0.25, 0.3) is 0 Å². The maximum Gasteiger partial charge on any atom is 0.328 e. The molecule has 1 heterocycles. The van der Waals surface area contributed by atoms with E-state index in [2.05, 4.69) is 10.6 Å². The Morgan fingerprint density at radius 2 is 2.26 bits per heavy atom. The summed E-state index contributed by atoms with van der Waals surface area (Å²) in [6, 6.07) is -1.83. The van der Waals surface area contributed by atoms with E-state index in [1.54, 1.807) is 7.05 Å². The van der Waals surface area contributed by atoms with E-state index in [1.807, 2.05) is 0 Å². The highest BCUT2D eigenvalue weighted by Gasteiger charge is 2.26. The molecule has 108 valence electrons. The summed E-state index contributed by atoms with van der Waals surface area (Å²) in [5, 5.41) is 13.8. The van der Waals surface area contributed by atoms with Crippen molar-refractivity contribution in [2.45, 2.75) is 24.9 Å². The summed E-state index contributed by atoms with van der Waals surface area (Å²) < 4.78 is 4.71. The number of methoxy groups -OCH3 is 1. The predicted molar refractivity (Wildman–Crippen MR) is 65.6 cm³/mol. The number of ether oxygens (including phenoxy) is 1. The van der Waals surface area contributed by atoms with Crippen LogP contribution >= 0.6 is 0 Å². The molecule has 1 aliphatic heterocycles. The quantitative estimate of drug-likeness (QED) is 0.596. The molecule has 0 saturated carbocycles. The third kappa shape index (κ3) is 4.74. The molecule has 0 spiro atoms. The van der Waals surface area contributed by atoms with E-state index in [1.165, 1.54) is 12.0 Å². The van der Waals surface area contributed by atoms with E-state index >= 15 is 0 Å². The minimum absolute atomic E-state index is 0.0428. The number of aliphatic carboxylic acids is 1. The molecule has 8 heteroatoms. The third-order valence-corrected chi connectivity index (χ3v) is 2.90. The van der Waals surface area contributed by atoms with Crippen LogP contribution in [0.15, 0.2) is 0 Å². The van der Waals surface area contributed by atoms with Gasteiger partial charge in [0.15, 0.2) is 6.04 Å². The van der Waals surface area contributed by atoms with Gasteiger partial charge in [-0.3, -0.25) is 4.79 Å². The van der Waals surface area contributed by atoms with Gasteiger partial charge in [0.2, 0.25) is 5.91 Å². The molecule has 1 rings (SSSR count). The van der Waals surface area contributed by atoms with Gasteiger partial charge >= 0.3 is 12.0 Å². The number of carboxylic acid groups (broad SMARTS) is 1. The van der Waals surface area contributed by atoms with Crippen LogP contribution in [0.2, 0.25) is 0 Å². The van der Waals surface area contributed by atoms with Crippen molar-refractivity contribution < 1.29 is 24.2 Å². The fraction of sp³-hybridized carbons (Fsp3) is 0.727. The van der Waals surface area contributed by atoms with E-state index in [0.29, 0.717) is 19.4 Å². The molecule has 0 aromatic carbocycles. The van der Waals surface area contributed by atoms with Crippen molar-refractivity contribution in [1.29, 1.82) is 0 Å². The smallest absolute Gasteiger partial charge is 0.328 e. The van der Waals surface area contributed by atoms with Crippen molar-refractivity contribution in [3.8, 4) is 0 Å². The van der Waals surface area contributed by atoms with Gasteiger partial charge in [0.1, 0.15) is 0 Å². The van der Waals surface area contributed by atoms with Gasteiger partial charge in [-0.05, 0) is 6.42 Å². The Balaban J connectivity index is 2.42. The first-order valence-corrected chi connectivity index (χ1v) is 5.96. The summed E-state index contributed by atoms with van der Waals surface area (Å²) in [6.07, 6.45) is 0.931. The molecule has 8 nitrogen and oxygen atoms in total. The Morgan fingerprint density at radius 3 is 2.79 bits per heavy atom. The number of piperidine rings is 1. The van der Waals surface area contributed by atoms with E-state index in [-0.39, 0.29) is 18.6 Å². The first kappa shape index (κ1) is 15.2. The SMILES string of the molecule is COCC(NC(=O)NC1CCC(=O)N(C)C1)C(=O)O. The zero-order valence-electron chi connectivity index (χ0n) is 11.0. The van der Waals surface area contributed by atoms with E-state index in [9.17, 15) is 14.4 Å². The molecule has 0 bridgehead atoms. The van der Waals surface area contributed by atoms with Crippen molar-refractivity contribution >= 4 is 17.9 Å². The van der Waals surface area contributed by atoms with Crippen LogP contribution in [0, 0.1) is 0 Å². The number of hydrogen-bond acceptors (Lipinski definition) is 4. The van der Waals surface area contributed by atoms with Crippen molar-refractivity contribution in [3.63, 3.8) is 0 Å². The van der Waals surface area contributed by atoms with Crippen LogP contribution in [0.3, 0.4) is 0 Å². The number of carbonyl (C=O) groups is 3. The van der Waals surface area contributed by atoms with Crippen molar-refractivity contribution in [1.82, 2.24) is 15.5 Å². The fourth-order valence-electron chi connectivity index (χ4n) is 1.86. The maximum atomic E-state index is 11.6. The lowest BCUT2D eigenvalue weighted by molar-refractivity contribution is -0.140. The monoisotopic (exact) mass is 273 g/mol. The van der Waals surface area contributed by atoms with E-state index < -0.39 is 18.0 Å². The predicted octanol–water partition coefficient (Wildman–Crippen LogP) is -0.994. The average Bonchev–Trinajstić information content (AvgIpc) is 2.33. The molecule has 19 heavy (non-hydrogen) atoms. The number of likely N-dealkylation sites (N-methyl/N-ethyl adjacent to an activating group) is 1. The summed E-state index contributed by atoms with van der Waals surface area (Å²) >= 11 is 0. The molecule has 0 radical (unpaired) electrons. The summed E-state index contributed by atoms with van der Waals surface area (Å²) in [7, 11) is 3.02. The lowest BCUT2D eigenvalue weighted by Gasteiger charge is -2.30. The molecule has 1 aliphatic rings. The van der Waals surface area contributed by atoms with Crippen LogP contribution in [-0.4, -0.2) is 67.3 Å². The molecule has 0 aromatic rings. The third-order valence-electron chi connectivity index (χ3n) is 2.90.